The minimum atomic E-state index is 0.0134. The fourth-order valence-corrected chi connectivity index (χ4v) is 2.87. The van der Waals surface area contributed by atoms with Crippen molar-refractivity contribution in [2.75, 3.05) is 5.32 Å². The summed E-state index contributed by atoms with van der Waals surface area (Å²) < 4.78 is 0.761. The van der Waals surface area contributed by atoms with Crippen molar-refractivity contribution in [2.45, 2.75) is 13.0 Å². The predicted octanol–water partition coefficient (Wildman–Crippen LogP) is 7.24. The van der Waals surface area contributed by atoms with Crippen molar-refractivity contribution >= 4 is 68.0 Å². The number of hydrogen-bond acceptors (Lipinski definition) is 1. The summed E-state index contributed by atoms with van der Waals surface area (Å²) in [5.74, 6) is 0. The molecule has 20 heavy (non-hydrogen) atoms. The van der Waals surface area contributed by atoms with Gasteiger partial charge in [0.2, 0.25) is 0 Å². The van der Waals surface area contributed by atoms with Gasteiger partial charge in [0.15, 0.2) is 0 Å². The third-order valence-electron chi connectivity index (χ3n) is 2.85. The second-order valence-corrected chi connectivity index (χ2v) is 6.69. The molecule has 0 amide bonds. The van der Waals surface area contributed by atoms with E-state index in [0.29, 0.717) is 20.1 Å². The minimum absolute atomic E-state index is 0.0134. The zero-order valence-electron chi connectivity index (χ0n) is 10.4. The van der Waals surface area contributed by atoms with Gasteiger partial charge in [-0.1, -0.05) is 52.5 Å². The Bertz CT molecular complexity index is 645. The van der Waals surface area contributed by atoms with Gasteiger partial charge in [-0.25, -0.2) is 0 Å². The summed E-state index contributed by atoms with van der Waals surface area (Å²) >= 11 is 27.6. The second-order valence-electron chi connectivity index (χ2n) is 4.26. The standard InChI is InChI=1S/C14H10BrCl4N/c1-7(8-2-4-10(16)11(17)6-8)20-12-5-3-9(15)13(18)14(12)19/h2-7,20H,1H3. The van der Waals surface area contributed by atoms with Gasteiger partial charge in [0.1, 0.15) is 0 Å². The van der Waals surface area contributed by atoms with Crippen LogP contribution in [0.1, 0.15) is 18.5 Å². The van der Waals surface area contributed by atoms with Crippen molar-refractivity contribution < 1.29 is 0 Å². The molecule has 1 unspecified atom stereocenters. The zero-order chi connectivity index (χ0) is 14.9. The van der Waals surface area contributed by atoms with Crippen molar-refractivity contribution in [3.8, 4) is 0 Å². The first-order valence-corrected chi connectivity index (χ1v) is 8.05. The van der Waals surface area contributed by atoms with Gasteiger partial charge < -0.3 is 5.32 Å². The molecule has 0 spiro atoms. The van der Waals surface area contributed by atoms with E-state index in [1.54, 1.807) is 6.07 Å². The lowest BCUT2D eigenvalue weighted by Gasteiger charge is -2.18. The van der Waals surface area contributed by atoms with Gasteiger partial charge in [-0.15, -0.1) is 0 Å². The monoisotopic (exact) mass is 411 g/mol. The number of nitrogens with one attached hydrogen (secondary N) is 1. The molecule has 2 aromatic carbocycles. The highest BCUT2D eigenvalue weighted by Crippen LogP contribution is 2.37. The molecule has 0 radical (unpaired) electrons. The van der Waals surface area contributed by atoms with E-state index >= 15 is 0 Å². The van der Waals surface area contributed by atoms with E-state index in [1.807, 2.05) is 31.2 Å². The molecule has 2 rings (SSSR count). The van der Waals surface area contributed by atoms with Crippen LogP contribution in [0.4, 0.5) is 5.69 Å². The van der Waals surface area contributed by atoms with Crippen molar-refractivity contribution in [1.82, 2.24) is 0 Å². The van der Waals surface area contributed by atoms with E-state index in [9.17, 15) is 0 Å². The van der Waals surface area contributed by atoms with Crippen LogP contribution in [0, 0.1) is 0 Å². The second kappa shape index (κ2) is 6.76. The van der Waals surface area contributed by atoms with E-state index in [4.69, 9.17) is 46.4 Å². The highest BCUT2D eigenvalue weighted by molar-refractivity contribution is 9.10. The normalized spacial score (nSPS) is 12.3. The molecule has 0 aliphatic rings. The van der Waals surface area contributed by atoms with E-state index in [-0.39, 0.29) is 6.04 Å². The molecule has 0 saturated heterocycles. The largest absolute Gasteiger partial charge is 0.377 e. The Labute approximate surface area is 146 Å². The van der Waals surface area contributed by atoms with Crippen LogP contribution in [0.15, 0.2) is 34.8 Å². The Kier molecular flexibility index (Phi) is 5.49. The summed E-state index contributed by atoms with van der Waals surface area (Å²) in [7, 11) is 0. The highest BCUT2D eigenvalue weighted by Gasteiger charge is 2.12. The molecule has 0 bridgehead atoms. The molecular weight excluding hydrogens is 404 g/mol. The molecule has 0 saturated carbocycles. The average molecular weight is 414 g/mol. The van der Waals surface area contributed by atoms with Crippen molar-refractivity contribution in [3.63, 3.8) is 0 Å². The first-order chi connectivity index (χ1) is 9.40. The van der Waals surface area contributed by atoms with Crippen molar-refractivity contribution in [3.05, 3.63) is 60.5 Å². The molecule has 106 valence electrons. The van der Waals surface area contributed by atoms with E-state index in [2.05, 4.69) is 21.2 Å². The van der Waals surface area contributed by atoms with Crippen molar-refractivity contribution in [2.24, 2.45) is 0 Å². The average Bonchev–Trinajstić information content (AvgIpc) is 2.42. The smallest absolute Gasteiger partial charge is 0.0835 e. The maximum absolute atomic E-state index is 6.21. The topological polar surface area (TPSA) is 12.0 Å². The maximum atomic E-state index is 6.21. The minimum Gasteiger partial charge on any atom is -0.377 e. The van der Waals surface area contributed by atoms with E-state index in [0.717, 1.165) is 15.7 Å². The summed E-state index contributed by atoms with van der Waals surface area (Å²) in [6.07, 6.45) is 0. The molecule has 0 heterocycles. The first-order valence-electron chi connectivity index (χ1n) is 5.75. The van der Waals surface area contributed by atoms with Crippen LogP contribution in [0.2, 0.25) is 20.1 Å². The van der Waals surface area contributed by atoms with Gasteiger partial charge >= 0.3 is 0 Å². The van der Waals surface area contributed by atoms with Crippen molar-refractivity contribution in [1.29, 1.82) is 0 Å². The molecule has 0 aliphatic carbocycles. The zero-order valence-corrected chi connectivity index (χ0v) is 15.0. The lowest BCUT2D eigenvalue weighted by atomic mass is 10.1. The third kappa shape index (κ3) is 3.55. The van der Waals surface area contributed by atoms with Gasteiger partial charge in [-0.3, -0.25) is 0 Å². The van der Waals surface area contributed by atoms with Gasteiger partial charge in [-0.05, 0) is 52.7 Å². The lowest BCUT2D eigenvalue weighted by molar-refractivity contribution is 0.885. The summed E-state index contributed by atoms with van der Waals surface area (Å²) in [6.45, 7) is 2.01. The Morgan fingerprint density at radius 2 is 1.65 bits per heavy atom. The molecule has 0 aliphatic heterocycles. The fourth-order valence-electron chi connectivity index (χ4n) is 1.74. The van der Waals surface area contributed by atoms with Crippen LogP contribution >= 0.6 is 62.3 Å². The molecule has 0 aromatic heterocycles. The quantitative estimate of drug-likeness (QED) is 0.523. The predicted molar refractivity (Wildman–Crippen MR) is 92.7 cm³/mol. The van der Waals surface area contributed by atoms with E-state index in [1.165, 1.54) is 0 Å². The van der Waals surface area contributed by atoms with Crippen LogP contribution < -0.4 is 5.32 Å². The number of hydrogen-bond donors (Lipinski definition) is 1. The van der Waals surface area contributed by atoms with Gasteiger partial charge in [0.25, 0.3) is 0 Å². The first kappa shape index (κ1) is 16.3. The summed E-state index contributed by atoms with van der Waals surface area (Å²) in [5, 5.41) is 5.33. The summed E-state index contributed by atoms with van der Waals surface area (Å²) in [4.78, 5) is 0. The Hall–Kier alpha value is -0.120. The van der Waals surface area contributed by atoms with Crippen LogP contribution in [-0.2, 0) is 0 Å². The summed E-state index contributed by atoms with van der Waals surface area (Å²) in [5.41, 5.74) is 1.77. The Morgan fingerprint density at radius 1 is 0.950 bits per heavy atom. The third-order valence-corrected chi connectivity index (χ3v) is 5.36. The Balaban J connectivity index is 2.25. The molecule has 2 aromatic rings. The number of anilines is 1. The highest BCUT2D eigenvalue weighted by atomic mass is 79.9. The molecule has 6 heteroatoms. The van der Waals surface area contributed by atoms with Crippen LogP contribution in [0.3, 0.4) is 0 Å². The van der Waals surface area contributed by atoms with Crippen LogP contribution in [-0.4, -0.2) is 0 Å². The van der Waals surface area contributed by atoms with Gasteiger partial charge in [0.05, 0.1) is 25.8 Å². The van der Waals surface area contributed by atoms with Crippen LogP contribution in [0.5, 0.6) is 0 Å². The molecule has 1 atom stereocenters. The van der Waals surface area contributed by atoms with E-state index < -0.39 is 0 Å². The fraction of sp³-hybridized carbons (Fsp3) is 0.143. The Morgan fingerprint density at radius 3 is 2.30 bits per heavy atom. The lowest BCUT2D eigenvalue weighted by Crippen LogP contribution is -2.07. The molecule has 0 fully saturated rings. The number of rotatable bonds is 3. The molecule has 1 nitrogen and oxygen atoms in total. The molecular formula is C14H10BrCl4N. The number of halogens is 5. The maximum Gasteiger partial charge on any atom is 0.0835 e. The number of benzene rings is 2. The van der Waals surface area contributed by atoms with Gasteiger partial charge in [-0.2, -0.15) is 0 Å². The summed E-state index contributed by atoms with van der Waals surface area (Å²) in [6, 6.07) is 9.24. The SMILES string of the molecule is CC(Nc1ccc(Br)c(Cl)c1Cl)c1ccc(Cl)c(Cl)c1. The van der Waals surface area contributed by atoms with Crippen LogP contribution in [0.25, 0.3) is 0 Å². The molecule has 1 N–H and O–H groups in total. The van der Waals surface area contributed by atoms with Gasteiger partial charge in [0, 0.05) is 10.5 Å².